The quantitative estimate of drug-likeness (QED) is 0.733. The molecule has 1 aromatic carbocycles. The van der Waals surface area contributed by atoms with Gasteiger partial charge >= 0.3 is 5.97 Å². The Bertz CT molecular complexity index is 502. The molecular formula is C11H11FN2O4. The number of carboxylic acid groups (broad SMARTS) is 1. The molecule has 0 saturated heterocycles. The third-order valence-electron chi connectivity index (χ3n) is 1.95. The zero-order valence-electron chi connectivity index (χ0n) is 9.49. The highest BCUT2D eigenvalue weighted by molar-refractivity contribution is 6.04. The molecule has 0 atom stereocenters. The van der Waals surface area contributed by atoms with Gasteiger partial charge in [0.05, 0.1) is 11.3 Å². The molecule has 0 aliphatic heterocycles. The van der Waals surface area contributed by atoms with Crippen molar-refractivity contribution in [3.8, 4) is 0 Å². The fourth-order valence-electron chi connectivity index (χ4n) is 1.29. The number of halogens is 1. The minimum absolute atomic E-state index is 0.00890. The molecule has 2 amide bonds. The van der Waals surface area contributed by atoms with Gasteiger partial charge in [-0.2, -0.15) is 0 Å². The molecule has 6 nitrogen and oxygen atoms in total. The molecule has 0 aromatic heterocycles. The Labute approximate surface area is 102 Å². The van der Waals surface area contributed by atoms with E-state index in [1.807, 2.05) is 5.32 Å². The van der Waals surface area contributed by atoms with E-state index in [0.717, 1.165) is 6.07 Å². The van der Waals surface area contributed by atoms with E-state index in [0.29, 0.717) is 0 Å². The second kappa shape index (κ2) is 5.76. The van der Waals surface area contributed by atoms with Crippen LogP contribution in [0.25, 0.3) is 0 Å². The zero-order valence-corrected chi connectivity index (χ0v) is 9.49. The lowest BCUT2D eigenvalue weighted by atomic mass is 10.1. The van der Waals surface area contributed by atoms with Crippen LogP contribution in [0.3, 0.4) is 0 Å². The third kappa shape index (κ3) is 3.55. The van der Waals surface area contributed by atoms with Crippen molar-refractivity contribution < 1.29 is 23.9 Å². The number of nitrogens with one attached hydrogen (secondary N) is 2. The van der Waals surface area contributed by atoms with Crippen molar-refractivity contribution in [2.75, 3.05) is 11.9 Å². The van der Waals surface area contributed by atoms with E-state index in [2.05, 4.69) is 5.32 Å². The van der Waals surface area contributed by atoms with Crippen LogP contribution in [0.2, 0.25) is 0 Å². The first-order valence-electron chi connectivity index (χ1n) is 4.98. The van der Waals surface area contributed by atoms with Crippen LogP contribution in [0.1, 0.15) is 17.3 Å². The average Bonchev–Trinajstić information content (AvgIpc) is 2.25. The molecular weight excluding hydrogens is 243 g/mol. The van der Waals surface area contributed by atoms with Gasteiger partial charge < -0.3 is 15.7 Å². The lowest BCUT2D eigenvalue weighted by Gasteiger charge is -2.10. The summed E-state index contributed by atoms with van der Waals surface area (Å²) < 4.78 is 13.5. The van der Waals surface area contributed by atoms with E-state index in [1.54, 1.807) is 0 Å². The van der Waals surface area contributed by atoms with Gasteiger partial charge in [-0.25, -0.2) is 4.39 Å². The predicted molar refractivity (Wildman–Crippen MR) is 60.7 cm³/mol. The van der Waals surface area contributed by atoms with Crippen molar-refractivity contribution in [1.29, 1.82) is 0 Å². The van der Waals surface area contributed by atoms with Gasteiger partial charge in [0.25, 0.3) is 5.91 Å². The number of rotatable bonds is 4. The van der Waals surface area contributed by atoms with Crippen molar-refractivity contribution in [2.45, 2.75) is 6.92 Å². The Morgan fingerprint density at radius 2 is 2.00 bits per heavy atom. The molecule has 0 aliphatic rings. The maximum atomic E-state index is 13.5. The maximum Gasteiger partial charge on any atom is 0.322 e. The highest BCUT2D eigenvalue weighted by Crippen LogP contribution is 2.18. The molecule has 0 aliphatic carbocycles. The lowest BCUT2D eigenvalue weighted by Crippen LogP contribution is -2.30. The molecule has 7 heteroatoms. The molecule has 0 heterocycles. The number of carbonyl (C=O) groups excluding carboxylic acids is 2. The highest BCUT2D eigenvalue weighted by atomic mass is 19.1. The summed E-state index contributed by atoms with van der Waals surface area (Å²) in [6.45, 7) is 0.580. The number of hydrogen-bond acceptors (Lipinski definition) is 3. The fraction of sp³-hybridized carbons (Fsp3) is 0.182. The maximum absolute atomic E-state index is 13.5. The highest BCUT2D eigenvalue weighted by Gasteiger charge is 2.17. The average molecular weight is 254 g/mol. The second-order valence-electron chi connectivity index (χ2n) is 3.42. The monoisotopic (exact) mass is 254 g/mol. The summed E-state index contributed by atoms with van der Waals surface area (Å²) in [5.74, 6) is -3.46. The van der Waals surface area contributed by atoms with Gasteiger partial charge in [0, 0.05) is 6.92 Å². The smallest absolute Gasteiger partial charge is 0.322 e. The van der Waals surface area contributed by atoms with Gasteiger partial charge in [-0.1, -0.05) is 6.07 Å². The van der Waals surface area contributed by atoms with E-state index >= 15 is 0 Å². The number of benzene rings is 1. The van der Waals surface area contributed by atoms with Gasteiger partial charge in [0.2, 0.25) is 5.91 Å². The molecule has 0 fully saturated rings. The Kier molecular flexibility index (Phi) is 4.36. The van der Waals surface area contributed by atoms with Crippen LogP contribution >= 0.6 is 0 Å². The predicted octanol–water partition coefficient (Wildman–Crippen LogP) is 0.598. The topological polar surface area (TPSA) is 95.5 Å². The van der Waals surface area contributed by atoms with Gasteiger partial charge in [-0.05, 0) is 12.1 Å². The zero-order chi connectivity index (χ0) is 13.7. The van der Waals surface area contributed by atoms with Crippen LogP contribution in [0.15, 0.2) is 18.2 Å². The largest absolute Gasteiger partial charge is 0.480 e. The van der Waals surface area contributed by atoms with Crippen molar-refractivity contribution in [3.05, 3.63) is 29.6 Å². The number of amides is 2. The van der Waals surface area contributed by atoms with Crippen molar-refractivity contribution in [2.24, 2.45) is 0 Å². The summed E-state index contributed by atoms with van der Waals surface area (Å²) in [7, 11) is 0. The van der Waals surface area contributed by atoms with E-state index in [9.17, 15) is 18.8 Å². The molecule has 0 spiro atoms. The second-order valence-corrected chi connectivity index (χ2v) is 3.42. The van der Waals surface area contributed by atoms with Gasteiger partial charge in [0.15, 0.2) is 0 Å². The molecule has 0 bridgehead atoms. The Hall–Kier alpha value is -2.44. The van der Waals surface area contributed by atoms with Crippen molar-refractivity contribution in [1.82, 2.24) is 5.32 Å². The number of aliphatic carboxylic acids is 1. The molecule has 1 aromatic rings. The molecule has 0 unspecified atom stereocenters. The molecule has 96 valence electrons. The Morgan fingerprint density at radius 1 is 1.33 bits per heavy atom. The number of hydrogen-bond donors (Lipinski definition) is 3. The summed E-state index contributed by atoms with van der Waals surface area (Å²) in [6, 6.07) is 3.72. The first kappa shape index (κ1) is 13.6. The fourth-order valence-corrected chi connectivity index (χ4v) is 1.29. The lowest BCUT2D eigenvalue weighted by molar-refractivity contribution is -0.135. The first-order chi connectivity index (χ1) is 8.41. The number of anilines is 1. The SMILES string of the molecule is CC(=O)Nc1cccc(F)c1C(=O)NCC(=O)O. The van der Waals surface area contributed by atoms with Crippen LogP contribution in [-0.4, -0.2) is 29.4 Å². The van der Waals surface area contributed by atoms with E-state index in [4.69, 9.17) is 5.11 Å². The minimum atomic E-state index is -1.25. The van der Waals surface area contributed by atoms with E-state index in [1.165, 1.54) is 19.1 Å². The Morgan fingerprint density at radius 3 is 2.56 bits per heavy atom. The van der Waals surface area contributed by atoms with Crippen LogP contribution in [0.4, 0.5) is 10.1 Å². The first-order valence-corrected chi connectivity index (χ1v) is 4.98. The summed E-state index contributed by atoms with van der Waals surface area (Å²) in [5, 5.41) is 12.7. The van der Waals surface area contributed by atoms with Crippen LogP contribution in [-0.2, 0) is 9.59 Å². The van der Waals surface area contributed by atoms with Crippen molar-refractivity contribution in [3.63, 3.8) is 0 Å². The summed E-state index contributed by atoms with van der Waals surface area (Å²) in [4.78, 5) is 32.8. The molecule has 1 rings (SSSR count). The van der Waals surface area contributed by atoms with Gasteiger partial charge in [0.1, 0.15) is 12.4 Å². The molecule has 18 heavy (non-hydrogen) atoms. The summed E-state index contributed by atoms with van der Waals surface area (Å²) >= 11 is 0. The Balaban J connectivity index is 3.01. The summed E-state index contributed by atoms with van der Waals surface area (Å²) in [6.07, 6.45) is 0. The van der Waals surface area contributed by atoms with Crippen LogP contribution in [0.5, 0.6) is 0 Å². The normalized spacial score (nSPS) is 9.67. The van der Waals surface area contributed by atoms with Gasteiger partial charge in [-0.3, -0.25) is 14.4 Å². The van der Waals surface area contributed by atoms with Gasteiger partial charge in [-0.15, -0.1) is 0 Å². The van der Waals surface area contributed by atoms with E-state index < -0.39 is 35.7 Å². The van der Waals surface area contributed by atoms with E-state index in [-0.39, 0.29) is 5.69 Å². The number of carboxylic acids is 1. The standard InChI is InChI=1S/C11H11FN2O4/c1-6(15)14-8-4-2-3-7(12)10(8)11(18)13-5-9(16)17/h2-4H,5H2,1H3,(H,13,18)(H,14,15)(H,16,17). The van der Waals surface area contributed by atoms with Crippen LogP contribution < -0.4 is 10.6 Å². The molecule has 0 radical (unpaired) electrons. The summed E-state index contributed by atoms with van der Waals surface area (Å²) in [5.41, 5.74) is -0.403. The van der Waals surface area contributed by atoms with Crippen LogP contribution in [0, 0.1) is 5.82 Å². The molecule has 3 N–H and O–H groups in total. The van der Waals surface area contributed by atoms with Crippen molar-refractivity contribution >= 4 is 23.5 Å². The molecule has 0 saturated carbocycles. The third-order valence-corrected chi connectivity index (χ3v) is 1.95. The number of carbonyl (C=O) groups is 3. The minimum Gasteiger partial charge on any atom is -0.480 e.